The highest BCUT2D eigenvalue weighted by atomic mass is 16.6. The van der Waals surface area contributed by atoms with E-state index >= 15 is 0 Å². The summed E-state index contributed by atoms with van der Waals surface area (Å²) < 4.78 is 12.3. The van der Waals surface area contributed by atoms with Crippen molar-refractivity contribution in [2.45, 2.75) is 70.8 Å². The molecule has 1 saturated carbocycles. The summed E-state index contributed by atoms with van der Waals surface area (Å²) >= 11 is 0. The number of carbonyl (C=O) groups is 2. The average Bonchev–Trinajstić information content (AvgIpc) is 3.17. The quantitative estimate of drug-likeness (QED) is 0.650. The van der Waals surface area contributed by atoms with Crippen LogP contribution in [0, 0.1) is 17.3 Å². The Labute approximate surface area is 166 Å². The lowest BCUT2D eigenvalue weighted by molar-refractivity contribution is -0.176. The zero-order valence-electron chi connectivity index (χ0n) is 16.8. The standard InChI is InChI=1S/C24H28O4/c1-3-5-11-20-23-13-12-15(14-19(23)22(26)27-20)17(8-4-2)24(23)18-10-7-6-9-16(18)21(25)28-24/h6,9,11,14-15,17H,3-5,7-8,10,12-13H2,1-2H3/t15-,17-,23-,24+/m1/s1. The van der Waals surface area contributed by atoms with Gasteiger partial charge >= 0.3 is 11.9 Å². The molecule has 6 aliphatic rings. The number of cyclic esters (lactones) is 1. The van der Waals surface area contributed by atoms with Crippen molar-refractivity contribution in [2.24, 2.45) is 17.3 Å². The number of hydrogen-bond acceptors (Lipinski definition) is 4. The van der Waals surface area contributed by atoms with Crippen molar-refractivity contribution in [1.82, 2.24) is 0 Å². The van der Waals surface area contributed by atoms with Crippen LogP contribution in [-0.4, -0.2) is 17.5 Å². The summed E-state index contributed by atoms with van der Waals surface area (Å²) in [6.07, 6.45) is 15.7. The molecule has 148 valence electrons. The normalized spacial score (nSPS) is 39.4. The third kappa shape index (κ3) is 1.96. The van der Waals surface area contributed by atoms with Crippen LogP contribution in [0.1, 0.15) is 65.2 Å². The number of unbranched alkanes of at least 4 members (excludes halogenated alkanes) is 1. The topological polar surface area (TPSA) is 52.6 Å². The fourth-order valence-corrected chi connectivity index (χ4v) is 6.57. The molecule has 0 N–H and O–H groups in total. The minimum atomic E-state index is -0.751. The van der Waals surface area contributed by atoms with Gasteiger partial charge in [0.15, 0.2) is 5.60 Å². The summed E-state index contributed by atoms with van der Waals surface area (Å²) in [5, 5.41) is 0. The maximum absolute atomic E-state index is 13.0. The molecular formula is C24H28O4. The molecule has 1 saturated heterocycles. The lowest BCUT2D eigenvalue weighted by Gasteiger charge is -2.59. The van der Waals surface area contributed by atoms with E-state index in [2.05, 4.69) is 32.1 Å². The largest absolute Gasteiger partial charge is 0.449 e. The van der Waals surface area contributed by atoms with Crippen molar-refractivity contribution >= 4 is 11.9 Å². The minimum Gasteiger partial charge on any atom is -0.449 e. The first-order valence-corrected chi connectivity index (χ1v) is 10.9. The first-order chi connectivity index (χ1) is 13.6. The molecule has 4 aliphatic carbocycles. The third-order valence-corrected chi connectivity index (χ3v) is 7.52. The van der Waals surface area contributed by atoms with E-state index in [4.69, 9.17) is 9.47 Å². The highest BCUT2D eigenvalue weighted by Crippen LogP contribution is 2.71. The van der Waals surface area contributed by atoms with Crippen LogP contribution in [-0.2, 0) is 19.1 Å². The molecule has 0 aromatic rings. The van der Waals surface area contributed by atoms with Crippen molar-refractivity contribution in [1.29, 1.82) is 0 Å². The number of hydrogen-bond donors (Lipinski definition) is 0. The predicted octanol–water partition coefficient (Wildman–Crippen LogP) is 4.92. The molecule has 0 radical (unpaired) electrons. The van der Waals surface area contributed by atoms with Crippen LogP contribution in [0.15, 0.2) is 46.8 Å². The monoisotopic (exact) mass is 380 g/mol. The fourth-order valence-electron chi connectivity index (χ4n) is 6.57. The fraction of sp³-hybridized carbons (Fsp3) is 0.583. The SMILES string of the molecule is CCCC=C1OC(=O)C2=C[C@H]3CC[C@]12[C@]1(OC(=O)C2=C1CCC=C2)[C@@H]3CCC. The second-order valence-corrected chi connectivity index (χ2v) is 8.79. The van der Waals surface area contributed by atoms with Gasteiger partial charge in [-0.25, -0.2) is 9.59 Å². The second kappa shape index (κ2) is 6.20. The molecule has 28 heavy (non-hydrogen) atoms. The van der Waals surface area contributed by atoms with Gasteiger partial charge in [-0.2, -0.15) is 0 Å². The Bertz CT molecular complexity index is 873. The van der Waals surface area contributed by atoms with Crippen molar-refractivity contribution in [3.8, 4) is 0 Å². The van der Waals surface area contributed by atoms with Crippen LogP contribution < -0.4 is 0 Å². The van der Waals surface area contributed by atoms with E-state index in [9.17, 15) is 9.59 Å². The summed E-state index contributed by atoms with van der Waals surface area (Å²) in [6, 6.07) is 0. The average molecular weight is 380 g/mol. The highest BCUT2D eigenvalue weighted by Gasteiger charge is 2.75. The van der Waals surface area contributed by atoms with Crippen LogP contribution >= 0.6 is 0 Å². The summed E-state index contributed by atoms with van der Waals surface area (Å²) in [6.45, 7) is 4.31. The lowest BCUT2D eigenvalue weighted by atomic mass is 9.45. The van der Waals surface area contributed by atoms with Gasteiger partial charge in [-0.1, -0.05) is 44.9 Å². The van der Waals surface area contributed by atoms with Crippen LogP contribution in [0.2, 0.25) is 0 Å². The Morgan fingerprint density at radius 3 is 2.86 bits per heavy atom. The van der Waals surface area contributed by atoms with E-state index in [-0.39, 0.29) is 23.8 Å². The van der Waals surface area contributed by atoms with Gasteiger partial charge in [0.2, 0.25) is 0 Å². The molecule has 2 bridgehead atoms. The zero-order valence-corrected chi connectivity index (χ0v) is 16.8. The van der Waals surface area contributed by atoms with Crippen molar-refractivity contribution in [2.75, 3.05) is 0 Å². The first-order valence-electron chi connectivity index (χ1n) is 10.9. The van der Waals surface area contributed by atoms with Gasteiger partial charge in [-0.15, -0.1) is 0 Å². The minimum absolute atomic E-state index is 0.206. The summed E-state index contributed by atoms with van der Waals surface area (Å²) in [7, 11) is 0. The Kier molecular flexibility index (Phi) is 3.98. The molecule has 0 aromatic carbocycles. The number of allylic oxidation sites excluding steroid dienone is 3. The lowest BCUT2D eigenvalue weighted by Crippen LogP contribution is -2.63. The van der Waals surface area contributed by atoms with Gasteiger partial charge in [0, 0.05) is 5.92 Å². The van der Waals surface area contributed by atoms with Gasteiger partial charge in [-0.3, -0.25) is 0 Å². The molecular weight excluding hydrogens is 352 g/mol. The molecule has 0 unspecified atom stereocenters. The van der Waals surface area contributed by atoms with Gasteiger partial charge in [-0.05, 0) is 56.1 Å². The highest BCUT2D eigenvalue weighted by molar-refractivity contribution is 6.00. The molecule has 2 spiro atoms. The molecule has 4 nitrogen and oxygen atoms in total. The number of rotatable bonds is 4. The van der Waals surface area contributed by atoms with Crippen molar-refractivity contribution in [3.05, 3.63) is 46.8 Å². The molecule has 4 heteroatoms. The van der Waals surface area contributed by atoms with E-state index in [1.807, 2.05) is 6.08 Å². The Hall–Kier alpha value is -2.10. The number of esters is 2. The molecule has 6 rings (SSSR count). The van der Waals surface area contributed by atoms with Gasteiger partial charge in [0.05, 0.1) is 11.1 Å². The van der Waals surface area contributed by atoms with Crippen LogP contribution in [0.3, 0.4) is 0 Å². The molecule has 0 aromatic heterocycles. The number of fused-ring (bicyclic) bond motifs is 1. The van der Waals surface area contributed by atoms with Crippen LogP contribution in [0.4, 0.5) is 0 Å². The summed E-state index contributed by atoms with van der Waals surface area (Å²) in [5.41, 5.74) is 1.21. The Balaban J connectivity index is 1.80. The van der Waals surface area contributed by atoms with Crippen molar-refractivity contribution in [3.63, 3.8) is 0 Å². The second-order valence-electron chi connectivity index (χ2n) is 8.79. The third-order valence-electron chi connectivity index (χ3n) is 7.52. The molecule has 2 heterocycles. The van der Waals surface area contributed by atoms with E-state index in [1.165, 1.54) is 0 Å². The molecule has 2 fully saturated rings. The maximum Gasteiger partial charge on any atom is 0.340 e. The molecule has 4 atom stereocenters. The predicted molar refractivity (Wildman–Crippen MR) is 105 cm³/mol. The summed E-state index contributed by atoms with van der Waals surface area (Å²) in [4.78, 5) is 25.9. The Morgan fingerprint density at radius 1 is 1.21 bits per heavy atom. The van der Waals surface area contributed by atoms with Crippen LogP contribution in [0.25, 0.3) is 0 Å². The van der Waals surface area contributed by atoms with E-state index in [0.717, 1.165) is 73.8 Å². The number of carbonyl (C=O) groups excluding carboxylic acids is 2. The molecule has 0 amide bonds. The van der Waals surface area contributed by atoms with Gasteiger partial charge in [0.1, 0.15) is 11.2 Å². The van der Waals surface area contributed by atoms with Gasteiger partial charge < -0.3 is 9.47 Å². The van der Waals surface area contributed by atoms with E-state index in [0.29, 0.717) is 0 Å². The Morgan fingerprint density at radius 2 is 2.07 bits per heavy atom. The van der Waals surface area contributed by atoms with E-state index < -0.39 is 11.0 Å². The maximum atomic E-state index is 13.0. The molecule has 2 aliphatic heterocycles. The van der Waals surface area contributed by atoms with Gasteiger partial charge in [0.25, 0.3) is 0 Å². The van der Waals surface area contributed by atoms with Crippen molar-refractivity contribution < 1.29 is 19.1 Å². The van der Waals surface area contributed by atoms with E-state index in [1.54, 1.807) is 0 Å². The zero-order chi connectivity index (χ0) is 19.5. The smallest absolute Gasteiger partial charge is 0.340 e. The number of ether oxygens (including phenoxy) is 2. The summed E-state index contributed by atoms with van der Waals surface area (Å²) in [5.74, 6) is 0.749. The first kappa shape index (κ1) is 18.0. The van der Waals surface area contributed by atoms with Crippen LogP contribution in [0.5, 0.6) is 0 Å².